The maximum absolute atomic E-state index is 5.50. The first kappa shape index (κ1) is 12.5. The smallest absolute Gasteiger partial charge is 0.216 e. The van der Waals surface area contributed by atoms with Gasteiger partial charge in [-0.1, -0.05) is 6.92 Å². The van der Waals surface area contributed by atoms with E-state index < -0.39 is 0 Å². The van der Waals surface area contributed by atoms with Gasteiger partial charge < -0.3 is 4.74 Å². The Morgan fingerprint density at radius 2 is 2.22 bits per heavy atom. The molecule has 18 heavy (non-hydrogen) atoms. The van der Waals surface area contributed by atoms with E-state index in [1.165, 1.54) is 11.0 Å². The van der Waals surface area contributed by atoms with E-state index in [0.29, 0.717) is 4.77 Å². The van der Waals surface area contributed by atoms with E-state index in [-0.39, 0.29) is 0 Å². The third kappa shape index (κ3) is 3.27. The minimum Gasteiger partial charge on any atom is -0.494 e. The molecule has 2 aromatic rings. The molecular formula is C12H14N4OS. The fraction of sp³-hybridized carbons (Fsp3) is 0.250. The van der Waals surface area contributed by atoms with E-state index in [1.807, 2.05) is 24.3 Å². The third-order valence-corrected chi connectivity index (χ3v) is 2.50. The number of rotatable bonds is 5. The molecule has 0 aliphatic heterocycles. The summed E-state index contributed by atoms with van der Waals surface area (Å²) in [5.41, 5.74) is 0.974. The van der Waals surface area contributed by atoms with Gasteiger partial charge in [0, 0.05) is 0 Å². The monoisotopic (exact) mass is 262 g/mol. The number of nitrogens with zero attached hydrogens (tertiary/aromatic N) is 3. The highest BCUT2D eigenvalue weighted by Crippen LogP contribution is 2.11. The van der Waals surface area contributed by atoms with E-state index in [2.05, 4.69) is 22.2 Å². The molecule has 0 spiro atoms. The van der Waals surface area contributed by atoms with Crippen LogP contribution >= 0.6 is 12.2 Å². The molecule has 1 aromatic carbocycles. The van der Waals surface area contributed by atoms with Crippen LogP contribution in [-0.4, -0.2) is 27.7 Å². The number of nitrogens with one attached hydrogen (secondary N) is 1. The van der Waals surface area contributed by atoms with Crippen molar-refractivity contribution in [1.82, 2.24) is 14.9 Å². The van der Waals surface area contributed by atoms with Crippen molar-refractivity contribution >= 4 is 18.4 Å². The predicted octanol–water partition coefficient (Wildman–Crippen LogP) is 2.61. The van der Waals surface area contributed by atoms with Gasteiger partial charge in [0.2, 0.25) is 4.77 Å². The second-order valence-corrected chi connectivity index (χ2v) is 4.05. The molecule has 0 bridgehead atoms. The third-order valence-electron chi connectivity index (χ3n) is 2.22. The van der Waals surface area contributed by atoms with Crippen LogP contribution in [0.1, 0.15) is 18.9 Å². The van der Waals surface area contributed by atoms with Crippen molar-refractivity contribution in [3.8, 4) is 5.75 Å². The zero-order chi connectivity index (χ0) is 12.8. The zero-order valence-corrected chi connectivity index (χ0v) is 10.9. The molecule has 94 valence electrons. The Kier molecular flexibility index (Phi) is 4.25. The Balaban J connectivity index is 2.04. The van der Waals surface area contributed by atoms with E-state index in [4.69, 9.17) is 17.0 Å². The molecule has 1 aromatic heterocycles. The summed E-state index contributed by atoms with van der Waals surface area (Å²) in [4.78, 5) is 0. The molecule has 0 saturated carbocycles. The molecule has 6 heteroatoms. The van der Waals surface area contributed by atoms with Crippen LogP contribution in [0.2, 0.25) is 0 Å². The second kappa shape index (κ2) is 6.11. The summed E-state index contributed by atoms with van der Waals surface area (Å²) in [7, 11) is 0. The van der Waals surface area contributed by atoms with Gasteiger partial charge in [0.05, 0.1) is 12.8 Å². The summed E-state index contributed by atoms with van der Waals surface area (Å²) in [6.07, 6.45) is 4.24. The molecule has 0 saturated heterocycles. The fourth-order valence-corrected chi connectivity index (χ4v) is 1.47. The van der Waals surface area contributed by atoms with E-state index in [0.717, 1.165) is 24.3 Å². The standard InChI is InChI=1S/C12H14N4OS/c1-2-7-17-11-5-3-10(4-6-11)8-14-16-9-13-15-12(16)18/h3-6,8-9H,2,7H2,1H3,(H,15,18)/b14-8-. The minimum absolute atomic E-state index is 0.467. The largest absolute Gasteiger partial charge is 0.494 e. The maximum atomic E-state index is 5.50. The van der Waals surface area contributed by atoms with E-state index in [9.17, 15) is 0 Å². The normalized spacial score (nSPS) is 10.9. The van der Waals surface area contributed by atoms with Gasteiger partial charge in [-0.3, -0.25) is 5.10 Å². The van der Waals surface area contributed by atoms with Gasteiger partial charge in [0.1, 0.15) is 12.1 Å². The van der Waals surface area contributed by atoms with Crippen LogP contribution in [0.4, 0.5) is 0 Å². The summed E-state index contributed by atoms with van der Waals surface area (Å²) in [6, 6.07) is 7.73. The molecule has 0 atom stereocenters. The number of benzene rings is 1. The van der Waals surface area contributed by atoms with Crippen molar-refractivity contribution < 1.29 is 4.74 Å². The summed E-state index contributed by atoms with van der Waals surface area (Å²) >= 11 is 4.98. The lowest BCUT2D eigenvalue weighted by Gasteiger charge is -2.03. The van der Waals surface area contributed by atoms with E-state index in [1.54, 1.807) is 6.21 Å². The Labute approximate surface area is 110 Å². The van der Waals surface area contributed by atoms with Crippen molar-refractivity contribution in [2.75, 3.05) is 6.61 Å². The molecule has 1 heterocycles. The molecule has 5 nitrogen and oxygen atoms in total. The van der Waals surface area contributed by atoms with Crippen LogP contribution in [0.3, 0.4) is 0 Å². The number of aromatic nitrogens is 3. The molecule has 0 amide bonds. The minimum atomic E-state index is 0.467. The first-order valence-electron chi connectivity index (χ1n) is 5.69. The molecule has 1 N–H and O–H groups in total. The molecule has 0 fully saturated rings. The fourth-order valence-electron chi connectivity index (χ4n) is 1.32. The summed E-state index contributed by atoms with van der Waals surface area (Å²) in [6.45, 7) is 2.81. The summed E-state index contributed by atoms with van der Waals surface area (Å²) in [5, 5.41) is 10.6. The quantitative estimate of drug-likeness (QED) is 0.665. The Morgan fingerprint density at radius 3 is 2.83 bits per heavy atom. The number of hydrogen-bond acceptors (Lipinski definition) is 4. The van der Waals surface area contributed by atoms with Crippen molar-refractivity contribution in [2.45, 2.75) is 13.3 Å². The number of hydrogen-bond donors (Lipinski definition) is 1. The van der Waals surface area contributed by atoms with E-state index >= 15 is 0 Å². The average Bonchev–Trinajstić information content (AvgIpc) is 2.81. The number of H-pyrrole nitrogens is 1. The highest BCUT2D eigenvalue weighted by atomic mass is 32.1. The number of ether oxygens (including phenoxy) is 1. The topological polar surface area (TPSA) is 55.2 Å². The number of aromatic amines is 1. The van der Waals surface area contributed by atoms with Crippen LogP contribution in [0.15, 0.2) is 35.7 Å². The lowest BCUT2D eigenvalue weighted by molar-refractivity contribution is 0.317. The molecule has 2 rings (SSSR count). The van der Waals surface area contributed by atoms with Crippen LogP contribution in [-0.2, 0) is 0 Å². The molecule has 0 aliphatic carbocycles. The second-order valence-electron chi connectivity index (χ2n) is 3.67. The SMILES string of the molecule is CCCOc1ccc(/C=N\n2cn[nH]c2=S)cc1. The molecule has 0 aliphatic rings. The van der Waals surface area contributed by atoms with Crippen molar-refractivity contribution in [3.63, 3.8) is 0 Å². The molecule has 0 radical (unpaired) electrons. The van der Waals surface area contributed by atoms with Gasteiger partial charge in [-0.15, -0.1) is 0 Å². The molecule has 0 unspecified atom stereocenters. The zero-order valence-electron chi connectivity index (χ0n) is 10.0. The van der Waals surface area contributed by atoms with Gasteiger partial charge in [0.25, 0.3) is 0 Å². The van der Waals surface area contributed by atoms with Gasteiger partial charge in [-0.25, -0.2) is 0 Å². The van der Waals surface area contributed by atoms with Gasteiger partial charge in [-0.2, -0.15) is 14.9 Å². The van der Waals surface area contributed by atoms with Crippen molar-refractivity contribution in [2.24, 2.45) is 5.10 Å². The average molecular weight is 262 g/mol. The maximum Gasteiger partial charge on any atom is 0.216 e. The van der Waals surface area contributed by atoms with Crippen molar-refractivity contribution in [3.05, 3.63) is 40.9 Å². The Hall–Kier alpha value is -1.95. The van der Waals surface area contributed by atoms with Gasteiger partial charge in [0.15, 0.2) is 0 Å². The highest BCUT2D eigenvalue weighted by molar-refractivity contribution is 7.71. The van der Waals surface area contributed by atoms with Crippen LogP contribution < -0.4 is 4.74 Å². The van der Waals surface area contributed by atoms with Crippen molar-refractivity contribution in [1.29, 1.82) is 0 Å². The lowest BCUT2D eigenvalue weighted by atomic mass is 10.2. The first-order valence-corrected chi connectivity index (χ1v) is 6.09. The Morgan fingerprint density at radius 1 is 1.44 bits per heavy atom. The molecular weight excluding hydrogens is 248 g/mol. The predicted molar refractivity (Wildman–Crippen MR) is 72.6 cm³/mol. The van der Waals surface area contributed by atoms with Crippen LogP contribution in [0, 0.1) is 4.77 Å². The Bertz CT molecular complexity index is 570. The van der Waals surface area contributed by atoms with Crippen LogP contribution in [0.25, 0.3) is 0 Å². The van der Waals surface area contributed by atoms with Gasteiger partial charge in [-0.05, 0) is 48.5 Å². The summed E-state index contributed by atoms with van der Waals surface area (Å²) < 4.78 is 7.46. The first-order chi connectivity index (χ1) is 8.79. The van der Waals surface area contributed by atoms with Gasteiger partial charge >= 0.3 is 0 Å². The summed E-state index contributed by atoms with van der Waals surface area (Å²) in [5.74, 6) is 0.869. The highest BCUT2D eigenvalue weighted by Gasteiger charge is 1.93. The van der Waals surface area contributed by atoms with Crippen LogP contribution in [0.5, 0.6) is 5.75 Å². The lowest BCUT2D eigenvalue weighted by Crippen LogP contribution is -1.95.